The van der Waals surface area contributed by atoms with E-state index >= 15 is 0 Å². The molecule has 1 aromatic rings. The molecule has 2 heteroatoms. The van der Waals surface area contributed by atoms with Crippen molar-refractivity contribution in [1.82, 2.24) is 9.88 Å². The molecule has 1 N–H and O–H groups in total. The Balaban J connectivity index is 2.37. The Hall–Kier alpha value is -0.760. The average molecular weight is 264 g/mol. The number of nitrogens with zero attached hydrogens (tertiary/aromatic N) is 1. The van der Waals surface area contributed by atoms with Crippen LogP contribution in [0.15, 0.2) is 18.5 Å². The Bertz CT molecular complexity index is 311. The summed E-state index contributed by atoms with van der Waals surface area (Å²) < 4.78 is 2.36. The lowest BCUT2D eigenvalue weighted by molar-refractivity contribution is 0.507. The molecule has 110 valence electrons. The van der Waals surface area contributed by atoms with Gasteiger partial charge in [0.05, 0.1) is 0 Å². The van der Waals surface area contributed by atoms with E-state index < -0.39 is 0 Å². The summed E-state index contributed by atoms with van der Waals surface area (Å²) in [6.07, 6.45) is 13.8. The number of aryl methyl sites for hydroxylation is 1. The highest BCUT2D eigenvalue weighted by atomic mass is 15.0. The van der Waals surface area contributed by atoms with Gasteiger partial charge in [0.1, 0.15) is 0 Å². The predicted molar refractivity (Wildman–Crippen MR) is 84.5 cm³/mol. The van der Waals surface area contributed by atoms with E-state index in [1.165, 1.54) is 57.1 Å². The summed E-state index contributed by atoms with van der Waals surface area (Å²) in [6, 6.07) is 2.83. The van der Waals surface area contributed by atoms with Crippen LogP contribution in [0.5, 0.6) is 0 Å². The standard InChI is InChI=1S/C17H32N2/c1-4-7-8-9-10-13-19-14-12-16(15-19)17(11-5-2)18-6-3/h12,14-15,17-18H,4-11,13H2,1-3H3. The average Bonchev–Trinajstić information content (AvgIpc) is 2.87. The zero-order valence-electron chi connectivity index (χ0n) is 13.1. The first-order chi connectivity index (χ1) is 9.31. The van der Waals surface area contributed by atoms with Gasteiger partial charge in [-0.2, -0.15) is 0 Å². The normalized spacial score (nSPS) is 12.8. The predicted octanol–water partition coefficient (Wildman–Crippen LogP) is 4.91. The molecule has 1 heterocycles. The highest BCUT2D eigenvalue weighted by molar-refractivity contribution is 5.15. The van der Waals surface area contributed by atoms with Gasteiger partial charge in [0.25, 0.3) is 0 Å². The number of hydrogen-bond acceptors (Lipinski definition) is 1. The zero-order chi connectivity index (χ0) is 13.9. The molecule has 0 bridgehead atoms. The summed E-state index contributed by atoms with van der Waals surface area (Å²) in [5.41, 5.74) is 1.46. The van der Waals surface area contributed by atoms with Crippen molar-refractivity contribution in [3.63, 3.8) is 0 Å². The third-order valence-corrected chi connectivity index (χ3v) is 3.72. The second-order valence-corrected chi connectivity index (χ2v) is 5.50. The number of aromatic nitrogens is 1. The van der Waals surface area contributed by atoms with Crippen LogP contribution in [0.1, 0.15) is 77.3 Å². The molecule has 1 unspecified atom stereocenters. The fourth-order valence-corrected chi connectivity index (χ4v) is 2.62. The molecule has 0 saturated heterocycles. The summed E-state index contributed by atoms with van der Waals surface area (Å²) in [6.45, 7) is 8.94. The van der Waals surface area contributed by atoms with Gasteiger partial charge in [-0.3, -0.25) is 0 Å². The fraction of sp³-hybridized carbons (Fsp3) is 0.765. The smallest absolute Gasteiger partial charge is 0.0335 e. The molecule has 1 rings (SSSR count). The molecule has 0 aliphatic heterocycles. The van der Waals surface area contributed by atoms with Gasteiger partial charge in [-0.25, -0.2) is 0 Å². The molecule has 0 spiro atoms. The van der Waals surface area contributed by atoms with E-state index in [0.29, 0.717) is 6.04 Å². The lowest BCUT2D eigenvalue weighted by Gasteiger charge is -2.15. The Morgan fingerprint density at radius 2 is 1.84 bits per heavy atom. The second-order valence-electron chi connectivity index (χ2n) is 5.50. The zero-order valence-corrected chi connectivity index (χ0v) is 13.1. The highest BCUT2D eigenvalue weighted by Gasteiger charge is 2.10. The Morgan fingerprint density at radius 1 is 1.05 bits per heavy atom. The third-order valence-electron chi connectivity index (χ3n) is 3.72. The summed E-state index contributed by atoms with van der Waals surface area (Å²) in [4.78, 5) is 0. The Kier molecular flexibility index (Phi) is 8.64. The van der Waals surface area contributed by atoms with E-state index in [1.54, 1.807) is 0 Å². The van der Waals surface area contributed by atoms with Crippen LogP contribution in [0, 0.1) is 0 Å². The van der Waals surface area contributed by atoms with Crippen molar-refractivity contribution in [2.24, 2.45) is 0 Å². The van der Waals surface area contributed by atoms with E-state index in [0.717, 1.165) is 6.54 Å². The lowest BCUT2D eigenvalue weighted by Crippen LogP contribution is -2.20. The third kappa shape index (κ3) is 6.29. The largest absolute Gasteiger partial charge is 0.354 e. The molecular formula is C17H32N2. The van der Waals surface area contributed by atoms with Crippen LogP contribution in [0.3, 0.4) is 0 Å². The topological polar surface area (TPSA) is 17.0 Å². The number of rotatable bonds is 11. The van der Waals surface area contributed by atoms with E-state index in [4.69, 9.17) is 0 Å². The maximum absolute atomic E-state index is 3.58. The van der Waals surface area contributed by atoms with Crippen LogP contribution in [0.4, 0.5) is 0 Å². The van der Waals surface area contributed by atoms with Crippen molar-refractivity contribution < 1.29 is 0 Å². The number of unbranched alkanes of at least 4 members (excludes halogenated alkanes) is 4. The molecule has 2 nitrogen and oxygen atoms in total. The van der Waals surface area contributed by atoms with Gasteiger partial charge in [-0.1, -0.05) is 52.9 Å². The minimum atomic E-state index is 0.538. The van der Waals surface area contributed by atoms with Gasteiger partial charge in [-0.05, 0) is 31.0 Å². The van der Waals surface area contributed by atoms with Crippen molar-refractivity contribution >= 4 is 0 Å². The number of hydrogen-bond donors (Lipinski definition) is 1. The quantitative estimate of drug-likeness (QED) is 0.562. The molecule has 0 radical (unpaired) electrons. The molecule has 0 aliphatic rings. The molecule has 0 saturated carbocycles. The monoisotopic (exact) mass is 264 g/mol. The first-order valence-electron chi connectivity index (χ1n) is 8.20. The van der Waals surface area contributed by atoms with Gasteiger partial charge >= 0.3 is 0 Å². The second kappa shape index (κ2) is 10.1. The highest BCUT2D eigenvalue weighted by Crippen LogP contribution is 2.19. The first-order valence-corrected chi connectivity index (χ1v) is 8.20. The van der Waals surface area contributed by atoms with E-state index in [1.807, 2.05) is 0 Å². The molecular weight excluding hydrogens is 232 g/mol. The molecule has 0 aliphatic carbocycles. The summed E-state index contributed by atoms with van der Waals surface area (Å²) in [5.74, 6) is 0. The van der Waals surface area contributed by atoms with E-state index in [9.17, 15) is 0 Å². The SMILES string of the molecule is CCCCCCCn1ccc(C(CCC)NCC)c1. The summed E-state index contributed by atoms with van der Waals surface area (Å²) in [7, 11) is 0. The van der Waals surface area contributed by atoms with Crippen LogP contribution < -0.4 is 5.32 Å². The van der Waals surface area contributed by atoms with Crippen LogP contribution in [-0.2, 0) is 6.54 Å². The van der Waals surface area contributed by atoms with Crippen molar-refractivity contribution in [2.75, 3.05) is 6.54 Å². The van der Waals surface area contributed by atoms with Gasteiger partial charge in [-0.15, -0.1) is 0 Å². The van der Waals surface area contributed by atoms with Crippen LogP contribution in [0.2, 0.25) is 0 Å². The van der Waals surface area contributed by atoms with Gasteiger partial charge in [0.2, 0.25) is 0 Å². The van der Waals surface area contributed by atoms with Crippen LogP contribution >= 0.6 is 0 Å². The Labute approximate surface area is 119 Å². The molecule has 1 atom stereocenters. The maximum Gasteiger partial charge on any atom is 0.0335 e. The first kappa shape index (κ1) is 16.3. The summed E-state index contributed by atoms with van der Waals surface area (Å²) in [5, 5.41) is 3.58. The van der Waals surface area contributed by atoms with E-state index in [2.05, 4.69) is 49.1 Å². The van der Waals surface area contributed by atoms with Crippen LogP contribution in [0.25, 0.3) is 0 Å². The maximum atomic E-state index is 3.58. The summed E-state index contributed by atoms with van der Waals surface area (Å²) >= 11 is 0. The molecule has 19 heavy (non-hydrogen) atoms. The number of nitrogens with one attached hydrogen (secondary N) is 1. The van der Waals surface area contributed by atoms with Crippen molar-refractivity contribution in [2.45, 2.75) is 78.3 Å². The molecule has 0 amide bonds. The van der Waals surface area contributed by atoms with Gasteiger partial charge in [0.15, 0.2) is 0 Å². The molecule has 0 aromatic carbocycles. The van der Waals surface area contributed by atoms with Crippen LogP contribution in [-0.4, -0.2) is 11.1 Å². The van der Waals surface area contributed by atoms with Crippen molar-refractivity contribution in [3.8, 4) is 0 Å². The van der Waals surface area contributed by atoms with Crippen molar-refractivity contribution in [3.05, 3.63) is 24.0 Å². The minimum absolute atomic E-state index is 0.538. The fourth-order valence-electron chi connectivity index (χ4n) is 2.62. The lowest BCUT2D eigenvalue weighted by atomic mass is 10.1. The minimum Gasteiger partial charge on any atom is -0.354 e. The molecule has 0 fully saturated rings. The van der Waals surface area contributed by atoms with Gasteiger partial charge < -0.3 is 9.88 Å². The van der Waals surface area contributed by atoms with Crippen molar-refractivity contribution in [1.29, 1.82) is 0 Å². The Morgan fingerprint density at radius 3 is 2.53 bits per heavy atom. The van der Waals surface area contributed by atoms with E-state index in [-0.39, 0.29) is 0 Å². The van der Waals surface area contributed by atoms with Gasteiger partial charge in [0, 0.05) is 25.0 Å². The molecule has 1 aromatic heterocycles.